The van der Waals surface area contributed by atoms with Crippen molar-refractivity contribution in [3.63, 3.8) is 0 Å². The lowest BCUT2D eigenvalue weighted by Crippen LogP contribution is -2.07. The molecule has 0 fully saturated rings. The first-order valence-electron chi connectivity index (χ1n) is 7.27. The van der Waals surface area contributed by atoms with Crippen LogP contribution in [0.2, 0.25) is 0 Å². The second kappa shape index (κ2) is 5.24. The molecule has 0 radical (unpaired) electrons. The standard InChI is InChI=1S/C18H19NO2/c1-4-11(2)12-5-7-14-15-10-13(21-3)6-8-17(15)19-18(20)16(14)9-12/h5-11H,4H2,1-3H3,(H,19,20). The van der Waals surface area contributed by atoms with Crippen LogP contribution in [0.1, 0.15) is 31.7 Å². The number of hydrogen-bond acceptors (Lipinski definition) is 2. The molecule has 2 aromatic carbocycles. The van der Waals surface area contributed by atoms with Crippen LogP contribution in [0.3, 0.4) is 0 Å². The molecule has 3 heteroatoms. The average Bonchev–Trinajstić information content (AvgIpc) is 2.53. The zero-order chi connectivity index (χ0) is 15.0. The Kier molecular flexibility index (Phi) is 3.42. The van der Waals surface area contributed by atoms with Gasteiger partial charge >= 0.3 is 0 Å². The van der Waals surface area contributed by atoms with Crippen LogP contribution >= 0.6 is 0 Å². The zero-order valence-corrected chi connectivity index (χ0v) is 12.6. The fraction of sp³-hybridized carbons (Fsp3) is 0.278. The van der Waals surface area contributed by atoms with Gasteiger partial charge in [0, 0.05) is 16.3 Å². The van der Waals surface area contributed by atoms with E-state index in [0.29, 0.717) is 5.92 Å². The Morgan fingerprint density at radius 2 is 1.90 bits per heavy atom. The molecule has 0 spiro atoms. The second-order valence-electron chi connectivity index (χ2n) is 5.48. The van der Waals surface area contributed by atoms with Gasteiger partial charge < -0.3 is 9.72 Å². The van der Waals surface area contributed by atoms with Gasteiger partial charge in [-0.3, -0.25) is 4.79 Å². The van der Waals surface area contributed by atoms with Crippen LogP contribution < -0.4 is 10.3 Å². The van der Waals surface area contributed by atoms with Crippen LogP contribution in [-0.2, 0) is 0 Å². The van der Waals surface area contributed by atoms with E-state index in [1.165, 1.54) is 5.56 Å². The van der Waals surface area contributed by atoms with Crippen LogP contribution in [0.4, 0.5) is 0 Å². The minimum absolute atomic E-state index is 0.0344. The van der Waals surface area contributed by atoms with E-state index in [4.69, 9.17) is 4.74 Å². The van der Waals surface area contributed by atoms with E-state index in [2.05, 4.69) is 24.9 Å². The Bertz CT molecular complexity index is 864. The van der Waals surface area contributed by atoms with Gasteiger partial charge in [-0.2, -0.15) is 0 Å². The summed E-state index contributed by atoms with van der Waals surface area (Å²) in [4.78, 5) is 15.3. The summed E-state index contributed by atoms with van der Waals surface area (Å²) in [6.07, 6.45) is 1.06. The SMILES string of the molecule is CCC(C)c1ccc2c(c1)c(=O)[nH]c1ccc(OC)cc12. The third-order valence-corrected chi connectivity index (χ3v) is 4.23. The van der Waals surface area contributed by atoms with Crippen molar-refractivity contribution in [1.82, 2.24) is 4.98 Å². The van der Waals surface area contributed by atoms with Crippen molar-refractivity contribution >= 4 is 21.7 Å². The van der Waals surface area contributed by atoms with Crippen molar-refractivity contribution in [2.24, 2.45) is 0 Å². The molecule has 0 bridgehead atoms. The minimum atomic E-state index is -0.0344. The van der Waals surface area contributed by atoms with E-state index in [-0.39, 0.29) is 5.56 Å². The summed E-state index contributed by atoms with van der Waals surface area (Å²) in [5.74, 6) is 1.25. The molecule has 1 heterocycles. The largest absolute Gasteiger partial charge is 0.497 e. The fourth-order valence-corrected chi connectivity index (χ4v) is 2.70. The molecule has 0 aliphatic rings. The molecule has 0 amide bonds. The van der Waals surface area contributed by atoms with E-state index in [0.717, 1.165) is 33.8 Å². The summed E-state index contributed by atoms with van der Waals surface area (Å²) in [6.45, 7) is 4.34. The highest BCUT2D eigenvalue weighted by molar-refractivity contribution is 6.05. The summed E-state index contributed by atoms with van der Waals surface area (Å²) >= 11 is 0. The number of ether oxygens (including phenoxy) is 1. The fourth-order valence-electron chi connectivity index (χ4n) is 2.70. The second-order valence-corrected chi connectivity index (χ2v) is 5.48. The highest BCUT2D eigenvalue weighted by Gasteiger charge is 2.09. The van der Waals surface area contributed by atoms with Gasteiger partial charge in [0.15, 0.2) is 0 Å². The Morgan fingerprint density at radius 3 is 2.62 bits per heavy atom. The highest BCUT2D eigenvalue weighted by Crippen LogP contribution is 2.28. The Balaban J connectivity index is 2.35. The number of aromatic amines is 1. The quantitative estimate of drug-likeness (QED) is 0.731. The number of hydrogen-bond donors (Lipinski definition) is 1. The lowest BCUT2D eigenvalue weighted by molar-refractivity contribution is 0.415. The molecule has 1 N–H and O–H groups in total. The van der Waals surface area contributed by atoms with Crippen molar-refractivity contribution in [2.45, 2.75) is 26.2 Å². The highest BCUT2D eigenvalue weighted by atomic mass is 16.5. The topological polar surface area (TPSA) is 42.1 Å². The van der Waals surface area contributed by atoms with Gasteiger partial charge in [0.1, 0.15) is 5.75 Å². The summed E-state index contributed by atoms with van der Waals surface area (Å²) in [5.41, 5.74) is 2.01. The number of aromatic nitrogens is 1. The van der Waals surface area contributed by atoms with Gasteiger partial charge in [0.25, 0.3) is 5.56 Å². The lowest BCUT2D eigenvalue weighted by atomic mass is 9.95. The molecule has 3 rings (SSSR count). The summed E-state index contributed by atoms with van der Waals surface area (Å²) in [5, 5.41) is 2.73. The van der Waals surface area contributed by atoms with Crippen LogP contribution in [0.15, 0.2) is 41.2 Å². The molecule has 1 unspecified atom stereocenters. The smallest absolute Gasteiger partial charge is 0.256 e. The number of nitrogens with one attached hydrogen (secondary N) is 1. The molecule has 3 aromatic rings. The van der Waals surface area contributed by atoms with Crippen molar-refractivity contribution in [1.29, 1.82) is 0 Å². The van der Waals surface area contributed by atoms with Gasteiger partial charge in [-0.25, -0.2) is 0 Å². The van der Waals surface area contributed by atoms with E-state index < -0.39 is 0 Å². The lowest BCUT2D eigenvalue weighted by Gasteiger charge is -2.11. The van der Waals surface area contributed by atoms with Crippen molar-refractivity contribution < 1.29 is 4.74 Å². The third kappa shape index (κ3) is 2.29. The number of methoxy groups -OCH3 is 1. The maximum absolute atomic E-state index is 12.3. The normalized spacial score (nSPS) is 12.7. The van der Waals surface area contributed by atoms with Gasteiger partial charge in [0.05, 0.1) is 7.11 Å². The summed E-state index contributed by atoms with van der Waals surface area (Å²) in [7, 11) is 1.65. The molecule has 0 aliphatic heterocycles. The zero-order valence-electron chi connectivity index (χ0n) is 12.6. The van der Waals surface area contributed by atoms with Gasteiger partial charge in [-0.15, -0.1) is 0 Å². The molecule has 0 saturated carbocycles. The predicted molar refractivity (Wildman–Crippen MR) is 87.3 cm³/mol. The maximum atomic E-state index is 12.3. The van der Waals surface area contributed by atoms with Crippen LogP contribution in [0.5, 0.6) is 5.75 Å². The van der Waals surface area contributed by atoms with Crippen LogP contribution in [0.25, 0.3) is 21.7 Å². The van der Waals surface area contributed by atoms with Crippen LogP contribution in [0, 0.1) is 0 Å². The Morgan fingerprint density at radius 1 is 1.10 bits per heavy atom. The Labute approximate surface area is 123 Å². The first-order chi connectivity index (χ1) is 10.1. The first-order valence-corrected chi connectivity index (χ1v) is 7.27. The van der Waals surface area contributed by atoms with Gasteiger partial charge in [-0.1, -0.05) is 26.0 Å². The van der Waals surface area contributed by atoms with Crippen LogP contribution in [-0.4, -0.2) is 12.1 Å². The Hall–Kier alpha value is -2.29. The van der Waals surface area contributed by atoms with E-state index in [1.54, 1.807) is 7.11 Å². The average molecular weight is 281 g/mol. The molecule has 108 valence electrons. The number of rotatable bonds is 3. The van der Waals surface area contributed by atoms with Crippen molar-refractivity contribution in [2.75, 3.05) is 7.11 Å². The minimum Gasteiger partial charge on any atom is -0.497 e. The molecular weight excluding hydrogens is 262 g/mol. The van der Waals surface area contributed by atoms with Crippen molar-refractivity contribution in [3.8, 4) is 5.75 Å². The molecule has 1 aromatic heterocycles. The van der Waals surface area contributed by atoms with E-state index >= 15 is 0 Å². The molecule has 3 nitrogen and oxygen atoms in total. The number of benzene rings is 2. The number of fused-ring (bicyclic) bond motifs is 3. The van der Waals surface area contributed by atoms with E-state index in [1.807, 2.05) is 30.3 Å². The van der Waals surface area contributed by atoms with Gasteiger partial charge in [0.2, 0.25) is 0 Å². The number of pyridine rings is 1. The monoisotopic (exact) mass is 281 g/mol. The van der Waals surface area contributed by atoms with Crippen molar-refractivity contribution in [3.05, 3.63) is 52.3 Å². The summed E-state index contributed by atoms with van der Waals surface area (Å²) < 4.78 is 5.29. The molecule has 21 heavy (non-hydrogen) atoms. The van der Waals surface area contributed by atoms with Gasteiger partial charge in [-0.05, 0) is 47.6 Å². The van der Waals surface area contributed by atoms with E-state index in [9.17, 15) is 4.79 Å². The first kappa shape index (κ1) is 13.7. The molecule has 0 aliphatic carbocycles. The molecular formula is C18H19NO2. The maximum Gasteiger partial charge on any atom is 0.256 e. The number of H-pyrrole nitrogens is 1. The molecule has 0 saturated heterocycles. The summed E-state index contributed by atoms with van der Waals surface area (Å²) in [6, 6.07) is 11.9. The predicted octanol–water partition coefficient (Wildman–Crippen LogP) is 4.20. The third-order valence-electron chi connectivity index (χ3n) is 4.23. The molecule has 1 atom stereocenters.